The third kappa shape index (κ3) is 4.31. The van der Waals surface area contributed by atoms with Gasteiger partial charge in [-0.15, -0.1) is 0 Å². The summed E-state index contributed by atoms with van der Waals surface area (Å²) in [5.74, 6) is -2.75. The van der Waals surface area contributed by atoms with E-state index in [4.69, 9.17) is 0 Å². The molecule has 0 saturated carbocycles. The molecule has 0 aliphatic rings. The predicted octanol–water partition coefficient (Wildman–Crippen LogP) is 4.70. The van der Waals surface area contributed by atoms with Crippen LogP contribution < -0.4 is 5.56 Å². The van der Waals surface area contributed by atoms with Crippen molar-refractivity contribution < 1.29 is 21.6 Å². The molecule has 0 aliphatic heterocycles. The van der Waals surface area contributed by atoms with Gasteiger partial charge in [-0.05, 0) is 53.9 Å². The normalized spacial score (nSPS) is 11.5. The summed E-state index contributed by atoms with van der Waals surface area (Å²) in [6.45, 7) is 1.58. The molecule has 0 unspecified atom stereocenters. The molecule has 0 fully saturated rings. The number of hydrogen-bond donors (Lipinski definition) is 0. The van der Waals surface area contributed by atoms with E-state index in [-0.39, 0.29) is 21.7 Å². The predicted molar refractivity (Wildman–Crippen MR) is 118 cm³/mol. The molecule has 9 heteroatoms. The lowest BCUT2D eigenvalue weighted by atomic mass is 9.96. The summed E-state index contributed by atoms with van der Waals surface area (Å²) < 4.78 is 66.0. The fraction of sp³-hybridized carbons (Fsp3) is 0.0833. The topological polar surface area (TPSA) is 69.0 Å². The highest BCUT2D eigenvalue weighted by Gasteiger charge is 2.18. The molecule has 0 radical (unpaired) electrons. The lowest BCUT2D eigenvalue weighted by Gasteiger charge is -2.14. The van der Waals surface area contributed by atoms with Gasteiger partial charge in [-0.3, -0.25) is 4.79 Å². The van der Waals surface area contributed by atoms with Crippen molar-refractivity contribution in [2.75, 3.05) is 6.26 Å². The maximum absolute atomic E-state index is 14.4. The van der Waals surface area contributed by atoms with Crippen molar-refractivity contribution in [2.45, 2.75) is 11.8 Å². The molecule has 0 saturated heterocycles. The molecule has 0 amide bonds. The van der Waals surface area contributed by atoms with Crippen LogP contribution in [0.5, 0.6) is 0 Å². The SMILES string of the molecule is Cc1ccc(-c2c(-c3ccc(S(C)(=O)=O)cc3)cnn(-c3ccc(F)c(F)c3)c2=O)cc1F. The quantitative estimate of drug-likeness (QED) is 0.434. The number of hydrogen-bond acceptors (Lipinski definition) is 4. The van der Waals surface area contributed by atoms with E-state index in [2.05, 4.69) is 5.10 Å². The van der Waals surface area contributed by atoms with Gasteiger partial charge in [0.05, 0.1) is 22.3 Å². The second kappa shape index (κ2) is 8.32. The van der Waals surface area contributed by atoms with Crippen LogP contribution in [0.3, 0.4) is 0 Å². The van der Waals surface area contributed by atoms with Gasteiger partial charge in [0.25, 0.3) is 5.56 Å². The average Bonchev–Trinajstić information content (AvgIpc) is 2.77. The Labute approximate surface area is 187 Å². The van der Waals surface area contributed by atoms with Crippen LogP contribution in [0.1, 0.15) is 5.56 Å². The van der Waals surface area contributed by atoms with Crippen LogP contribution in [0.15, 0.2) is 76.6 Å². The molecule has 33 heavy (non-hydrogen) atoms. The van der Waals surface area contributed by atoms with Gasteiger partial charge in [0.2, 0.25) is 0 Å². The smallest absolute Gasteiger partial charge is 0.267 e. The molecule has 0 atom stereocenters. The Bertz CT molecular complexity index is 1550. The van der Waals surface area contributed by atoms with E-state index < -0.39 is 32.8 Å². The van der Waals surface area contributed by atoms with Crippen LogP contribution in [0.2, 0.25) is 0 Å². The number of rotatable bonds is 4. The maximum Gasteiger partial charge on any atom is 0.280 e. The summed E-state index contributed by atoms with van der Waals surface area (Å²) in [5, 5.41) is 4.10. The van der Waals surface area contributed by atoms with E-state index in [0.29, 0.717) is 16.7 Å². The first kappa shape index (κ1) is 22.5. The number of aryl methyl sites for hydroxylation is 1. The van der Waals surface area contributed by atoms with Gasteiger partial charge in [0.15, 0.2) is 21.5 Å². The zero-order chi connectivity index (χ0) is 23.9. The largest absolute Gasteiger partial charge is 0.280 e. The summed E-state index contributed by atoms with van der Waals surface area (Å²) in [6.07, 6.45) is 2.41. The first-order chi connectivity index (χ1) is 15.6. The third-order valence-corrected chi connectivity index (χ3v) is 6.31. The average molecular weight is 470 g/mol. The van der Waals surface area contributed by atoms with Crippen LogP contribution in [-0.4, -0.2) is 24.5 Å². The van der Waals surface area contributed by atoms with Crippen molar-refractivity contribution in [3.05, 3.63) is 100 Å². The van der Waals surface area contributed by atoms with Gasteiger partial charge in [0.1, 0.15) is 5.82 Å². The molecule has 1 heterocycles. The van der Waals surface area contributed by atoms with Gasteiger partial charge in [-0.1, -0.05) is 24.3 Å². The van der Waals surface area contributed by atoms with Gasteiger partial charge in [-0.2, -0.15) is 9.78 Å². The minimum absolute atomic E-state index is 0.00768. The van der Waals surface area contributed by atoms with Crippen molar-refractivity contribution in [1.82, 2.24) is 9.78 Å². The Morgan fingerprint density at radius 1 is 0.818 bits per heavy atom. The highest BCUT2D eigenvalue weighted by Crippen LogP contribution is 2.31. The summed E-state index contributed by atoms with van der Waals surface area (Å²) in [7, 11) is -3.43. The Balaban J connectivity index is 1.98. The van der Waals surface area contributed by atoms with Gasteiger partial charge < -0.3 is 0 Å². The molecule has 0 bridgehead atoms. The number of benzene rings is 3. The Morgan fingerprint density at radius 2 is 1.48 bits per heavy atom. The highest BCUT2D eigenvalue weighted by molar-refractivity contribution is 7.90. The second-order valence-electron chi connectivity index (χ2n) is 7.51. The van der Waals surface area contributed by atoms with Crippen molar-refractivity contribution in [3.8, 4) is 27.9 Å². The van der Waals surface area contributed by atoms with Crippen LogP contribution in [0.4, 0.5) is 13.2 Å². The van der Waals surface area contributed by atoms with Crippen LogP contribution in [0.25, 0.3) is 27.9 Å². The molecular weight excluding hydrogens is 453 g/mol. The molecule has 5 nitrogen and oxygen atoms in total. The zero-order valence-electron chi connectivity index (χ0n) is 17.5. The van der Waals surface area contributed by atoms with Crippen molar-refractivity contribution in [2.24, 2.45) is 0 Å². The molecule has 1 aromatic heterocycles. The number of halogens is 3. The first-order valence-corrected chi connectivity index (χ1v) is 11.6. The fourth-order valence-electron chi connectivity index (χ4n) is 3.38. The Morgan fingerprint density at radius 3 is 2.09 bits per heavy atom. The number of sulfone groups is 1. The third-order valence-electron chi connectivity index (χ3n) is 5.18. The Hall–Kier alpha value is -3.72. The lowest BCUT2D eigenvalue weighted by Crippen LogP contribution is -2.23. The molecule has 4 aromatic rings. The highest BCUT2D eigenvalue weighted by atomic mass is 32.2. The summed E-state index contributed by atoms with van der Waals surface area (Å²) >= 11 is 0. The molecule has 0 aliphatic carbocycles. The van der Waals surface area contributed by atoms with Gasteiger partial charge in [-0.25, -0.2) is 21.6 Å². The van der Waals surface area contributed by atoms with E-state index in [9.17, 15) is 26.4 Å². The van der Waals surface area contributed by atoms with Gasteiger partial charge >= 0.3 is 0 Å². The van der Waals surface area contributed by atoms with Crippen LogP contribution in [-0.2, 0) is 9.84 Å². The minimum atomic E-state index is -3.43. The standard InChI is InChI=1S/C24H17F3N2O3S/c1-14-3-4-16(11-21(14)26)23-19(15-5-8-18(9-6-15)33(2,31)32)13-28-29(24(23)30)17-7-10-20(25)22(27)12-17/h3-13H,1-2H3. The molecule has 0 N–H and O–H groups in total. The van der Waals surface area contributed by atoms with E-state index in [0.717, 1.165) is 23.1 Å². The zero-order valence-corrected chi connectivity index (χ0v) is 18.3. The van der Waals surface area contributed by atoms with E-state index in [1.165, 1.54) is 48.7 Å². The molecule has 4 rings (SSSR count). The maximum atomic E-state index is 14.4. The van der Waals surface area contributed by atoms with E-state index in [1.54, 1.807) is 13.0 Å². The van der Waals surface area contributed by atoms with Crippen molar-refractivity contribution >= 4 is 9.84 Å². The van der Waals surface area contributed by atoms with E-state index in [1.807, 2.05) is 0 Å². The second-order valence-corrected chi connectivity index (χ2v) is 9.52. The number of nitrogens with zero attached hydrogens (tertiary/aromatic N) is 2. The molecule has 0 spiro atoms. The lowest BCUT2D eigenvalue weighted by molar-refractivity contribution is 0.507. The summed E-state index contributed by atoms with van der Waals surface area (Å²) in [6, 6.07) is 13.0. The van der Waals surface area contributed by atoms with Crippen LogP contribution in [0, 0.1) is 24.4 Å². The van der Waals surface area contributed by atoms with E-state index >= 15 is 0 Å². The number of aromatic nitrogens is 2. The molecule has 3 aromatic carbocycles. The minimum Gasteiger partial charge on any atom is -0.267 e. The summed E-state index contributed by atoms with van der Waals surface area (Å²) in [4.78, 5) is 13.5. The van der Waals surface area contributed by atoms with Crippen molar-refractivity contribution in [1.29, 1.82) is 0 Å². The summed E-state index contributed by atoms with van der Waals surface area (Å²) in [5.41, 5.74) is 0.806. The van der Waals surface area contributed by atoms with Crippen LogP contribution >= 0.6 is 0 Å². The van der Waals surface area contributed by atoms with Gasteiger partial charge in [0, 0.05) is 17.9 Å². The Kier molecular flexibility index (Phi) is 5.67. The fourth-order valence-corrected chi connectivity index (χ4v) is 4.01. The first-order valence-electron chi connectivity index (χ1n) is 9.71. The van der Waals surface area contributed by atoms with Crippen molar-refractivity contribution in [3.63, 3.8) is 0 Å². The molecular formula is C24H17F3N2O3S. The molecule has 168 valence electrons. The monoisotopic (exact) mass is 470 g/mol.